The zero-order valence-corrected chi connectivity index (χ0v) is 17.1. The maximum absolute atomic E-state index is 13.6. The number of nitrogens with zero attached hydrogens (tertiary/aromatic N) is 6. The SMILES string of the molecule is Cc1ccc(OC2CC3CCC2N(C(=O)c2cc(C)cnc2-n2nccn2)C3)nc1. The zero-order chi connectivity index (χ0) is 20.7. The monoisotopic (exact) mass is 404 g/mol. The molecule has 8 heteroatoms. The average Bonchev–Trinajstić information content (AvgIpc) is 3.30. The van der Waals surface area contributed by atoms with Gasteiger partial charge in [-0.3, -0.25) is 4.79 Å². The maximum atomic E-state index is 13.6. The molecule has 2 saturated heterocycles. The summed E-state index contributed by atoms with van der Waals surface area (Å²) in [6, 6.07) is 5.78. The summed E-state index contributed by atoms with van der Waals surface area (Å²) in [4.78, 5) is 25.8. The van der Waals surface area contributed by atoms with Crippen LogP contribution >= 0.6 is 0 Å². The third-order valence-electron chi connectivity index (χ3n) is 5.98. The Morgan fingerprint density at radius 3 is 2.60 bits per heavy atom. The van der Waals surface area contributed by atoms with Gasteiger partial charge in [-0.2, -0.15) is 10.2 Å². The Morgan fingerprint density at radius 2 is 1.87 bits per heavy atom. The van der Waals surface area contributed by atoms with Crippen molar-refractivity contribution in [3.05, 3.63) is 59.7 Å². The number of fused-ring (bicyclic) bond motifs is 3. The van der Waals surface area contributed by atoms with Gasteiger partial charge in [0.1, 0.15) is 6.10 Å². The number of hydrogen-bond donors (Lipinski definition) is 0. The van der Waals surface area contributed by atoms with Crippen molar-refractivity contribution >= 4 is 5.91 Å². The third kappa shape index (κ3) is 3.42. The van der Waals surface area contributed by atoms with Crippen LogP contribution < -0.4 is 4.74 Å². The van der Waals surface area contributed by atoms with E-state index in [9.17, 15) is 4.79 Å². The van der Waals surface area contributed by atoms with E-state index in [1.165, 1.54) is 4.80 Å². The van der Waals surface area contributed by atoms with E-state index in [2.05, 4.69) is 20.2 Å². The van der Waals surface area contributed by atoms with Crippen LogP contribution in [0.4, 0.5) is 0 Å². The fraction of sp³-hybridized carbons (Fsp3) is 0.409. The smallest absolute Gasteiger partial charge is 0.258 e. The van der Waals surface area contributed by atoms with Gasteiger partial charge < -0.3 is 9.64 Å². The topological polar surface area (TPSA) is 86.0 Å². The van der Waals surface area contributed by atoms with Gasteiger partial charge in [0.15, 0.2) is 5.82 Å². The summed E-state index contributed by atoms with van der Waals surface area (Å²) in [6.45, 7) is 4.67. The summed E-state index contributed by atoms with van der Waals surface area (Å²) in [5.74, 6) is 1.45. The van der Waals surface area contributed by atoms with E-state index in [0.29, 0.717) is 23.2 Å². The Kier molecular flexibility index (Phi) is 4.69. The van der Waals surface area contributed by atoms with Gasteiger partial charge >= 0.3 is 0 Å². The molecule has 3 aromatic rings. The second kappa shape index (κ2) is 7.51. The largest absolute Gasteiger partial charge is 0.472 e. The van der Waals surface area contributed by atoms with Crippen molar-refractivity contribution in [1.82, 2.24) is 29.9 Å². The van der Waals surface area contributed by atoms with Crippen LogP contribution in [0.5, 0.6) is 5.88 Å². The predicted molar refractivity (Wildman–Crippen MR) is 109 cm³/mol. The summed E-state index contributed by atoms with van der Waals surface area (Å²) in [6.07, 6.45) is 9.64. The van der Waals surface area contributed by atoms with Crippen LogP contribution in [0.25, 0.3) is 5.82 Å². The number of aromatic nitrogens is 5. The van der Waals surface area contributed by atoms with Gasteiger partial charge in [0.2, 0.25) is 5.88 Å². The molecule has 3 atom stereocenters. The lowest BCUT2D eigenvalue weighted by atomic mass is 9.77. The van der Waals surface area contributed by atoms with Crippen molar-refractivity contribution in [2.45, 2.75) is 45.3 Å². The highest BCUT2D eigenvalue weighted by Crippen LogP contribution is 2.38. The molecular weight excluding hydrogens is 380 g/mol. The van der Waals surface area contributed by atoms with Crippen molar-refractivity contribution in [2.75, 3.05) is 6.54 Å². The van der Waals surface area contributed by atoms with E-state index in [4.69, 9.17) is 4.74 Å². The lowest BCUT2D eigenvalue weighted by Crippen LogP contribution is -2.59. The third-order valence-corrected chi connectivity index (χ3v) is 5.98. The molecule has 1 amide bonds. The lowest BCUT2D eigenvalue weighted by Gasteiger charge is -2.49. The minimum Gasteiger partial charge on any atom is -0.472 e. The van der Waals surface area contributed by atoms with Gasteiger partial charge in [-0.1, -0.05) is 6.07 Å². The van der Waals surface area contributed by atoms with Crippen LogP contribution in [0.15, 0.2) is 43.0 Å². The highest BCUT2D eigenvalue weighted by atomic mass is 16.5. The quantitative estimate of drug-likeness (QED) is 0.665. The molecule has 3 unspecified atom stereocenters. The summed E-state index contributed by atoms with van der Waals surface area (Å²) in [7, 11) is 0. The van der Waals surface area contributed by atoms with Crippen molar-refractivity contribution in [1.29, 1.82) is 0 Å². The molecule has 1 saturated carbocycles. The molecule has 0 spiro atoms. The minimum atomic E-state index is -0.0549. The first-order valence-corrected chi connectivity index (χ1v) is 10.3. The van der Waals surface area contributed by atoms with Gasteiger partial charge in [-0.05, 0) is 56.2 Å². The second-order valence-corrected chi connectivity index (χ2v) is 8.24. The first kappa shape index (κ1) is 18.7. The van der Waals surface area contributed by atoms with E-state index < -0.39 is 0 Å². The fourth-order valence-electron chi connectivity index (χ4n) is 4.53. The Hall–Kier alpha value is -3.29. The van der Waals surface area contributed by atoms with Crippen molar-refractivity contribution in [3.63, 3.8) is 0 Å². The second-order valence-electron chi connectivity index (χ2n) is 8.24. The van der Waals surface area contributed by atoms with Crippen LogP contribution in [0.1, 0.15) is 40.7 Å². The normalized spacial score (nSPS) is 22.9. The van der Waals surface area contributed by atoms with E-state index in [1.54, 1.807) is 24.8 Å². The molecule has 0 N–H and O–H groups in total. The van der Waals surface area contributed by atoms with Gasteiger partial charge in [0, 0.05) is 25.0 Å². The van der Waals surface area contributed by atoms with Gasteiger partial charge in [0.25, 0.3) is 5.91 Å². The summed E-state index contributed by atoms with van der Waals surface area (Å²) >= 11 is 0. The van der Waals surface area contributed by atoms with Crippen molar-refractivity contribution in [3.8, 4) is 11.7 Å². The van der Waals surface area contributed by atoms with Crippen LogP contribution in [0, 0.1) is 19.8 Å². The number of piperidine rings is 2. The standard InChI is InChI=1S/C22H24N6O2/c1-14-3-6-20(23-11-14)30-19-10-16-4-5-18(19)27(13-16)22(29)17-9-15(2)12-24-21(17)28-25-7-8-26-28/h3,6-9,11-12,16,18-19H,4-5,10,13H2,1-2H3. The summed E-state index contributed by atoms with van der Waals surface area (Å²) < 4.78 is 6.24. The number of carbonyl (C=O) groups is 1. The maximum Gasteiger partial charge on any atom is 0.258 e. The van der Waals surface area contributed by atoms with E-state index in [0.717, 1.165) is 36.9 Å². The molecule has 154 valence electrons. The highest BCUT2D eigenvalue weighted by molar-refractivity contribution is 5.97. The predicted octanol–water partition coefficient (Wildman–Crippen LogP) is 2.75. The van der Waals surface area contributed by atoms with E-state index in [1.807, 2.05) is 36.9 Å². The van der Waals surface area contributed by atoms with Crippen molar-refractivity contribution < 1.29 is 9.53 Å². The molecule has 8 nitrogen and oxygen atoms in total. The molecule has 2 aliphatic heterocycles. The van der Waals surface area contributed by atoms with Crippen LogP contribution in [-0.4, -0.2) is 54.5 Å². The molecule has 0 radical (unpaired) electrons. The number of amides is 1. The number of rotatable bonds is 4. The zero-order valence-electron chi connectivity index (χ0n) is 17.1. The molecule has 3 aliphatic rings. The molecular formula is C22H24N6O2. The van der Waals surface area contributed by atoms with Crippen LogP contribution in [0.3, 0.4) is 0 Å². The molecule has 3 aromatic heterocycles. The molecule has 1 aliphatic carbocycles. The van der Waals surface area contributed by atoms with E-state index >= 15 is 0 Å². The lowest BCUT2D eigenvalue weighted by molar-refractivity contribution is -0.0313. The van der Waals surface area contributed by atoms with Gasteiger partial charge in [-0.15, -0.1) is 4.80 Å². The number of aryl methyl sites for hydroxylation is 2. The summed E-state index contributed by atoms with van der Waals surface area (Å²) in [5.41, 5.74) is 2.54. The van der Waals surface area contributed by atoms with Crippen LogP contribution in [-0.2, 0) is 0 Å². The summed E-state index contributed by atoms with van der Waals surface area (Å²) in [5, 5.41) is 8.34. The molecule has 2 bridgehead atoms. The number of pyridine rings is 2. The number of hydrogen-bond acceptors (Lipinski definition) is 6. The minimum absolute atomic E-state index is 0.0181. The molecule has 5 heterocycles. The first-order valence-electron chi connectivity index (χ1n) is 10.3. The fourth-order valence-corrected chi connectivity index (χ4v) is 4.53. The Morgan fingerprint density at radius 1 is 1.07 bits per heavy atom. The van der Waals surface area contributed by atoms with Gasteiger partial charge in [0.05, 0.1) is 24.0 Å². The average molecular weight is 404 g/mol. The Labute approximate surface area is 174 Å². The Balaban J connectivity index is 1.44. The molecule has 6 rings (SSSR count). The molecule has 3 fully saturated rings. The number of ether oxygens (including phenoxy) is 1. The van der Waals surface area contributed by atoms with Crippen molar-refractivity contribution in [2.24, 2.45) is 5.92 Å². The van der Waals surface area contributed by atoms with E-state index in [-0.39, 0.29) is 18.1 Å². The highest BCUT2D eigenvalue weighted by Gasteiger charge is 2.45. The Bertz CT molecular complexity index is 1050. The number of carbonyl (C=O) groups excluding carboxylic acids is 1. The molecule has 30 heavy (non-hydrogen) atoms. The van der Waals surface area contributed by atoms with Crippen LogP contribution in [0.2, 0.25) is 0 Å². The molecule has 0 aromatic carbocycles. The van der Waals surface area contributed by atoms with Gasteiger partial charge in [-0.25, -0.2) is 9.97 Å². The first-order chi connectivity index (χ1) is 14.6.